The topological polar surface area (TPSA) is 131 Å². The number of likely N-dealkylation sites (tertiary alicyclic amines) is 1. The Balaban J connectivity index is 0.00000465. The van der Waals surface area contributed by atoms with Crippen molar-refractivity contribution >= 4 is 36.3 Å². The lowest BCUT2D eigenvalue weighted by Crippen LogP contribution is -2.48. The molecule has 0 aromatic heterocycles. The second-order valence-electron chi connectivity index (χ2n) is 14.4. The zero-order chi connectivity index (χ0) is 37.8. The molecule has 1 saturated heterocycles. The highest BCUT2D eigenvalue weighted by Crippen LogP contribution is 2.60. The van der Waals surface area contributed by atoms with E-state index < -0.39 is 47.8 Å². The van der Waals surface area contributed by atoms with E-state index >= 15 is 8.78 Å². The van der Waals surface area contributed by atoms with Crippen molar-refractivity contribution in [3.8, 4) is 22.3 Å². The Bertz CT molecular complexity index is 2140. The molecule has 0 bridgehead atoms. The van der Waals surface area contributed by atoms with Gasteiger partial charge in [-0.05, 0) is 65.3 Å². The van der Waals surface area contributed by atoms with E-state index in [-0.39, 0.29) is 85.9 Å². The molecular formula is C42H41ClF2N4O6. The maximum Gasteiger partial charge on any atom is 0.409 e. The number of esters is 1. The Morgan fingerprint density at radius 2 is 1.49 bits per heavy atom. The Hall–Kier alpha value is -5.33. The summed E-state index contributed by atoms with van der Waals surface area (Å²) in [5.74, 6) is -4.97. The summed E-state index contributed by atoms with van der Waals surface area (Å²) in [7, 11) is 0. The van der Waals surface area contributed by atoms with E-state index in [1.165, 1.54) is 29.2 Å². The van der Waals surface area contributed by atoms with Crippen molar-refractivity contribution in [1.82, 2.24) is 15.1 Å². The van der Waals surface area contributed by atoms with Crippen LogP contribution in [-0.2, 0) is 25.0 Å². The van der Waals surface area contributed by atoms with Crippen LogP contribution in [0.1, 0.15) is 58.3 Å². The third-order valence-electron chi connectivity index (χ3n) is 11.3. The van der Waals surface area contributed by atoms with Gasteiger partial charge in [0.15, 0.2) is 0 Å². The van der Waals surface area contributed by atoms with E-state index in [1.807, 2.05) is 36.4 Å². The van der Waals surface area contributed by atoms with Crippen molar-refractivity contribution in [2.45, 2.75) is 43.7 Å². The summed E-state index contributed by atoms with van der Waals surface area (Å²) in [6.45, 7) is 2.14. The van der Waals surface area contributed by atoms with E-state index in [2.05, 4.69) is 17.4 Å². The summed E-state index contributed by atoms with van der Waals surface area (Å²) >= 11 is 0. The standard InChI is InChI=1S/C42H40F2N4O6.ClH/c1-2-53-39(51)35-20-41(24-47(18-17-45)40(52)54-23-32-28-11-5-3-9-26(28)27-10-4-6-12-29(27)32)21-36(41)48(35)37(49)22-46-38(50)25-15-16-34-31(19-25)30-13-7-8-14-33(30)42(34,43)44;/h3-16,19,32,35-36H,2,17-18,20-24,45H2,1H3,(H,46,50);1H/t35-,36-,41+;/m0./s1. The van der Waals surface area contributed by atoms with Gasteiger partial charge in [0.2, 0.25) is 5.91 Å². The number of piperidine rings is 1. The van der Waals surface area contributed by atoms with Gasteiger partial charge < -0.3 is 30.3 Å². The Kier molecular flexibility index (Phi) is 10.2. The highest BCUT2D eigenvalue weighted by atomic mass is 35.5. The van der Waals surface area contributed by atoms with Crippen LogP contribution >= 0.6 is 12.4 Å². The zero-order valence-corrected chi connectivity index (χ0v) is 31.0. The second kappa shape index (κ2) is 14.7. The van der Waals surface area contributed by atoms with E-state index in [4.69, 9.17) is 15.2 Å². The van der Waals surface area contributed by atoms with Gasteiger partial charge in [-0.1, -0.05) is 78.9 Å². The molecule has 4 aliphatic rings. The number of halogens is 3. The number of alkyl halides is 2. The van der Waals surface area contributed by atoms with E-state index in [1.54, 1.807) is 30.0 Å². The molecule has 55 heavy (non-hydrogen) atoms. The molecule has 3 N–H and O–H groups in total. The van der Waals surface area contributed by atoms with Gasteiger partial charge >= 0.3 is 12.1 Å². The van der Waals surface area contributed by atoms with Gasteiger partial charge in [-0.25, -0.2) is 9.59 Å². The zero-order valence-electron chi connectivity index (χ0n) is 30.1. The fourth-order valence-corrected chi connectivity index (χ4v) is 8.78. The van der Waals surface area contributed by atoms with Crippen molar-refractivity contribution in [1.29, 1.82) is 0 Å². The first kappa shape index (κ1) is 38.0. The number of carbonyl (C=O) groups excluding carboxylic acids is 4. The quantitative estimate of drug-likeness (QED) is 0.177. The first-order valence-corrected chi connectivity index (χ1v) is 18.3. The molecule has 0 unspecified atom stereocenters. The second-order valence-corrected chi connectivity index (χ2v) is 14.4. The lowest BCUT2D eigenvalue weighted by atomic mass is 9.98. The van der Waals surface area contributed by atoms with Gasteiger partial charge in [-0.2, -0.15) is 8.78 Å². The van der Waals surface area contributed by atoms with Crippen LogP contribution in [0.5, 0.6) is 0 Å². The molecule has 3 amide bonds. The summed E-state index contributed by atoms with van der Waals surface area (Å²) in [6, 6.07) is 25.0. The minimum absolute atomic E-state index is 0. The average Bonchev–Trinajstić information content (AvgIpc) is 3.51. The van der Waals surface area contributed by atoms with E-state index in [0.717, 1.165) is 22.3 Å². The molecule has 3 atom stereocenters. The molecule has 1 aliphatic heterocycles. The lowest BCUT2D eigenvalue weighted by molar-refractivity contribution is -0.153. The normalized spacial score (nSPS) is 20.5. The minimum Gasteiger partial charge on any atom is -0.464 e. The average molecular weight is 771 g/mol. The van der Waals surface area contributed by atoms with Crippen LogP contribution in [0.15, 0.2) is 91.0 Å². The molecule has 4 aromatic carbocycles. The first-order chi connectivity index (χ1) is 26.1. The summed E-state index contributed by atoms with van der Waals surface area (Å²) in [5.41, 5.74) is 10.2. The number of fused-ring (bicyclic) bond motifs is 7. The first-order valence-electron chi connectivity index (χ1n) is 18.3. The van der Waals surface area contributed by atoms with Gasteiger partial charge in [-0.3, -0.25) is 9.59 Å². The van der Waals surface area contributed by atoms with Gasteiger partial charge in [0.1, 0.15) is 12.6 Å². The molecule has 3 aliphatic carbocycles. The number of amides is 3. The van der Waals surface area contributed by atoms with Gasteiger partial charge in [0.05, 0.1) is 13.2 Å². The van der Waals surface area contributed by atoms with Crippen LogP contribution in [0, 0.1) is 5.41 Å². The summed E-state index contributed by atoms with van der Waals surface area (Å²) in [5, 5.41) is 2.62. The maximum atomic E-state index is 15.1. The molecule has 2 fully saturated rings. The number of benzene rings is 4. The number of ether oxygens (including phenoxy) is 2. The van der Waals surface area contributed by atoms with Gasteiger partial charge in [0.25, 0.3) is 11.8 Å². The highest BCUT2D eigenvalue weighted by Gasteiger charge is 2.68. The van der Waals surface area contributed by atoms with Crippen LogP contribution in [0.25, 0.3) is 22.3 Å². The maximum absolute atomic E-state index is 15.1. The van der Waals surface area contributed by atoms with E-state index in [9.17, 15) is 19.2 Å². The van der Waals surface area contributed by atoms with Crippen LogP contribution in [0.4, 0.5) is 13.6 Å². The highest BCUT2D eigenvalue weighted by molar-refractivity contribution is 5.99. The Morgan fingerprint density at radius 1 is 0.855 bits per heavy atom. The number of nitrogens with one attached hydrogen (secondary N) is 1. The molecule has 10 nitrogen and oxygen atoms in total. The minimum atomic E-state index is -3.18. The smallest absolute Gasteiger partial charge is 0.409 e. The number of carbonyl (C=O) groups is 4. The molecule has 1 saturated carbocycles. The van der Waals surface area contributed by atoms with Crippen LogP contribution in [0.2, 0.25) is 0 Å². The number of nitrogens with two attached hydrogens (primary N) is 1. The number of rotatable bonds is 11. The molecule has 8 rings (SSSR count). The number of hydrogen-bond acceptors (Lipinski definition) is 7. The molecule has 4 aromatic rings. The third kappa shape index (κ3) is 6.50. The van der Waals surface area contributed by atoms with Crippen LogP contribution in [-0.4, -0.2) is 85.2 Å². The van der Waals surface area contributed by atoms with Crippen molar-refractivity contribution < 1.29 is 37.4 Å². The Morgan fingerprint density at radius 3 is 2.16 bits per heavy atom. The molecule has 1 heterocycles. The largest absolute Gasteiger partial charge is 0.464 e. The molecule has 0 radical (unpaired) electrons. The molecule has 286 valence electrons. The van der Waals surface area contributed by atoms with E-state index in [0.29, 0.717) is 12.0 Å². The monoisotopic (exact) mass is 770 g/mol. The molecule has 13 heteroatoms. The van der Waals surface area contributed by atoms with Gasteiger partial charge in [0, 0.05) is 53.7 Å². The van der Waals surface area contributed by atoms with Crippen molar-refractivity contribution in [2.75, 3.05) is 39.4 Å². The SMILES string of the molecule is CCOC(=O)[C@@H]1C[C@]2(CN(CCN)C(=O)OCC3c4ccccc4-c4ccccc43)C[C@@H]2N1C(=O)CNC(=O)c1ccc2c(c1)-c1ccccc1C2(F)F.Cl. The fourth-order valence-electron chi connectivity index (χ4n) is 8.78. The van der Waals surface area contributed by atoms with Crippen molar-refractivity contribution in [3.63, 3.8) is 0 Å². The summed E-state index contributed by atoms with van der Waals surface area (Å²) < 4.78 is 41.4. The number of nitrogens with zero attached hydrogens (tertiary/aromatic N) is 2. The van der Waals surface area contributed by atoms with Crippen LogP contribution < -0.4 is 11.1 Å². The van der Waals surface area contributed by atoms with Crippen molar-refractivity contribution in [2.24, 2.45) is 11.1 Å². The van der Waals surface area contributed by atoms with Crippen molar-refractivity contribution in [3.05, 3.63) is 119 Å². The summed E-state index contributed by atoms with van der Waals surface area (Å²) in [6.07, 6.45) is 0.285. The lowest BCUT2D eigenvalue weighted by Gasteiger charge is -2.27. The predicted octanol–water partition coefficient (Wildman–Crippen LogP) is 6.09. The van der Waals surface area contributed by atoms with Gasteiger partial charge in [-0.15, -0.1) is 12.4 Å². The number of hydrogen-bond donors (Lipinski definition) is 2. The molecular weight excluding hydrogens is 730 g/mol. The molecule has 0 spiro atoms. The summed E-state index contributed by atoms with van der Waals surface area (Å²) in [4.78, 5) is 56.9. The van der Waals surface area contributed by atoms with Crippen LogP contribution in [0.3, 0.4) is 0 Å². The third-order valence-corrected chi connectivity index (χ3v) is 11.3. The Labute approximate surface area is 323 Å². The fraction of sp³-hybridized carbons (Fsp3) is 0.333. The predicted molar refractivity (Wildman–Crippen MR) is 203 cm³/mol.